The Bertz CT molecular complexity index is 1140. The van der Waals surface area contributed by atoms with Gasteiger partial charge in [0.2, 0.25) is 0 Å². The number of rotatable bonds is 51. The molecule has 6 nitrogen and oxygen atoms in total. The van der Waals surface area contributed by atoms with Gasteiger partial charge in [-0.3, -0.25) is 14.4 Å². The molecule has 0 N–H and O–H groups in total. The molecule has 0 radical (unpaired) electrons. The van der Waals surface area contributed by atoms with Crippen molar-refractivity contribution in [2.24, 2.45) is 0 Å². The first-order chi connectivity index (χ1) is 32.0. The lowest BCUT2D eigenvalue weighted by molar-refractivity contribution is -0.167. The van der Waals surface area contributed by atoms with Crippen LogP contribution < -0.4 is 0 Å². The molecule has 0 heterocycles. The Morgan fingerprint density at radius 3 is 0.938 bits per heavy atom. The summed E-state index contributed by atoms with van der Waals surface area (Å²) in [4.78, 5) is 37.9. The van der Waals surface area contributed by atoms with E-state index >= 15 is 0 Å². The average Bonchev–Trinajstić information content (AvgIpc) is 3.30. The van der Waals surface area contributed by atoms with Gasteiger partial charge in [0.25, 0.3) is 0 Å². The van der Waals surface area contributed by atoms with E-state index in [9.17, 15) is 14.4 Å². The Kier molecular flexibility index (Phi) is 51.8. The molecule has 0 aliphatic carbocycles. The van der Waals surface area contributed by atoms with Gasteiger partial charge in [0.05, 0.1) is 0 Å². The first-order valence-electron chi connectivity index (χ1n) is 28.1. The minimum atomic E-state index is -0.765. The van der Waals surface area contributed by atoms with Gasteiger partial charge < -0.3 is 14.2 Å². The van der Waals surface area contributed by atoms with Crippen LogP contribution in [0.2, 0.25) is 0 Å². The molecule has 0 aliphatic heterocycles. The number of esters is 3. The molecule has 0 saturated carbocycles. The smallest absolute Gasteiger partial charge is 0.306 e. The van der Waals surface area contributed by atoms with Crippen molar-refractivity contribution in [3.8, 4) is 0 Å². The third-order valence-electron chi connectivity index (χ3n) is 12.3. The minimum absolute atomic E-state index is 0.0681. The highest BCUT2D eigenvalue weighted by Crippen LogP contribution is 2.16. The summed E-state index contributed by atoms with van der Waals surface area (Å²) < 4.78 is 16.8. The van der Waals surface area contributed by atoms with Gasteiger partial charge in [-0.15, -0.1) is 0 Å². The van der Waals surface area contributed by atoms with Crippen molar-refractivity contribution >= 4 is 17.9 Å². The third-order valence-corrected chi connectivity index (χ3v) is 12.3. The summed E-state index contributed by atoms with van der Waals surface area (Å²) in [6, 6.07) is 0. The fraction of sp³-hybridized carbons (Fsp3) is 0.814. The zero-order valence-electron chi connectivity index (χ0n) is 43.3. The van der Waals surface area contributed by atoms with Crippen LogP contribution in [-0.2, 0) is 28.6 Å². The molecule has 65 heavy (non-hydrogen) atoms. The monoisotopic (exact) mass is 911 g/mol. The Morgan fingerprint density at radius 2 is 0.600 bits per heavy atom. The van der Waals surface area contributed by atoms with Crippen molar-refractivity contribution < 1.29 is 28.6 Å². The molecular formula is C59H106O6. The van der Waals surface area contributed by atoms with Crippen LogP contribution in [0.4, 0.5) is 0 Å². The fourth-order valence-corrected chi connectivity index (χ4v) is 8.14. The highest BCUT2D eigenvalue weighted by Gasteiger charge is 2.19. The van der Waals surface area contributed by atoms with Crippen LogP contribution >= 0.6 is 0 Å². The fourth-order valence-electron chi connectivity index (χ4n) is 8.14. The van der Waals surface area contributed by atoms with Crippen LogP contribution in [0, 0.1) is 0 Å². The lowest BCUT2D eigenvalue weighted by Gasteiger charge is -2.18. The van der Waals surface area contributed by atoms with Gasteiger partial charge in [0.1, 0.15) is 13.2 Å². The predicted octanol–water partition coefficient (Wildman–Crippen LogP) is 18.7. The largest absolute Gasteiger partial charge is 0.462 e. The SMILES string of the molecule is CC/C=C\C/C=C\C/C=C\C/C=C\CCCCCCCCCCCCCCCCC(=O)OCC(COC(=O)CCCCCCCCCCCC)OC(=O)CCCCCCCCCCCC. The van der Waals surface area contributed by atoms with Crippen LogP contribution in [0.3, 0.4) is 0 Å². The second kappa shape index (κ2) is 54.0. The normalized spacial score (nSPS) is 12.4. The van der Waals surface area contributed by atoms with Gasteiger partial charge >= 0.3 is 17.9 Å². The molecule has 0 aromatic rings. The minimum Gasteiger partial charge on any atom is -0.462 e. The van der Waals surface area contributed by atoms with E-state index in [4.69, 9.17) is 14.2 Å². The molecule has 0 saturated heterocycles. The number of hydrogen-bond acceptors (Lipinski definition) is 6. The first-order valence-corrected chi connectivity index (χ1v) is 28.1. The molecule has 1 unspecified atom stereocenters. The number of allylic oxidation sites excluding steroid dienone is 8. The van der Waals surface area contributed by atoms with Gasteiger partial charge in [-0.05, 0) is 57.8 Å². The molecule has 0 rings (SSSR count). The van der Waals surface area contributed by atoms with Gasteiger partial charge in [-0.25, -0.2) is 0 Å². The van der Waals surface area contributed by atoms with Crippen molar-refractivity contribution in [2.75, 3.05) is 13.2 Å². The van der Waals surface area contributed by atoms with Crippen molar-refractivity contribution in [3.63, 3.8) is 0 Å². The molecule has 1 atom stereocenters. The maximum atomic E-state index is 12.7. The van der Waals surface area contributed by atoms with E-state index in [1.54, 1.807) is 0 Å². The quantitative estimate of drug-likeness (QED) is 0.0262. The van der Waals surface area contributed by atoms with Crippen LogP contribution in [-0.4, -0.2) is 37.2 Å². The summed E-state index contributed by atoms with van der Waals surface area (Å²) in [5, 5.41) is 0. The van der Waals surface area contributed by atoms with Gasteiger partial charge in [-0.1, -0.05) is 262 Å². The summed E-state index contributed by atoms with van der Waals surface area (Å²) >= 11 is 0. The Morgan fingerprint density at radius 1 is 0.323 bits per heavy atom. The van der Waals surface area contributed by atoms with Crippen LogP contribution in [0.25, 0.3) is 0 Å². The zero-order valence-corrected chi connectivity index (χ0v) is 43.3. The average molecular weight is 911 g/mol. The van der Waals surface area contributed by atoms with E-state index in [2.05, 4.69) is 69.4 Å². The van der Waals surface area contributed by atoms with E-state index in [0.29, 0.717) is 19.3 Å². The van der Waals surface area contributed by atoms with Crippen molar-refractivity contribution in [2.45, 2.75) is 297 Å². The second-order valence-corrected chi connectivity index (χ2v) is 18.8. The molecule has 0 aromatic carbocycles. The molecule has 0 bridgehead atoms. The lowest BCUT2D eigenvalue weighted by Crippen LogP contribution is -2.30. The van der Waals surface area contributed by atoms with E-state index in [1.807, 2.05) is 0 Å². The summed E-state index contributed by atoms with van der Waals surface area (Å²) in [5.74, 6) is -0.860. The molecular weight excluding hydrogens is 805 g/mol. The molecule has 0 aromatic heterocycles. The third kappa shape index (κ3) is 52.2. The van der Waals surface area contributed by atoms with Crippen LogP contribution in [0.5, 0.6) is 0 Å². The molecule has 0 amide bonds. The summed E-state index contributed by atoms with van der Waals surface area (Å²) in [6.07, 6.45) is 65.5. The highest BCUT2D eigenvalue weighted by atomic mass is 16.6. The Hall–Kier alpha value is -2.63. The summed E-state index contributed by atoms with van der Waals surface area (Å²) in [7, 11) is 0. The van der Waals surface area contributed by atoms with Crippen molar-refractivity contribution in [1.82, 2.24) is 0 Å². The number of unbranched alkanes of at least 4 members (excludes halogenated alkanes) is 32. The molecule has 0 spiro atoms. The van der Waals surface area contributed by atoms with Gasteiger partial charge in [0, 0.05) is 19.3 Å². The van der Waals surface area contributed by atoms with E-state index in [-0.39, 0.29) is 31.1 Å². The number of hydrogen-bond donors (Lipinski definition) is 0. The van der Waals surface area contributed by atoms with Crippen molar-refractivity contribution in [1.29, 1.82) is 0 Å². The Balaban J connectivity index is 4.09. The number of ether oxygens (including phenoxy) is 3. The standard InChI is InChI=1S/C59H106O6/c1-4-7-10-13-16-19-22-23-24-25-26-27-28-29-30-31-32-33-34-35-36-37-38-41-43-46-49-52-58(61)64-55-56(65-59(62)53-50-47-44-40-21-18-15-12-9-6-3)54-63-57(60)51-48-45-42-39-20-17-14-11-8-5-2/h7,10,16,19,23-24,26-27,56H,4-6,8-9,11-15,17-18,20-22,25,28-55H2,1-3H3/b10-7-,19-16-,24-23-,27-26-. The highest BCUT2D eigenvalue weighted by molar-refractivity contribution is 5.71. The molecule has 378 valence electrons. The topological polar surface area (TPSA) is 78.9 Å². The maximum Gasteiger partial charge on any atom is 0.306 e. The number of carbonyl (C=O) groups is 3. The molecule has 0 aliphatic rings. The molecule has 0 fully saturated rings. The second-order valence-electron chi connectivity index (χ2n) is 18.8. The predicted molar refractivity (Wildman–Crippen MR) is 279 cm³/mol. The maximum absolute atomic E-state index is 12.7. The number of carbonyl (C=O) groups excluding carboxylic acids is 3. The zero-order chi connectivity index (χ0) is 47.2. The lowest BCUT2D eigenvalue weighted by atomic mass is 10.0. The van der Waals surface area contributed by atoms with Gasteiger partial charge in [-0.2, -0.15) is 0 Å². The first kappa shape index (κ1) is 62.4. The van der Waals surface area contributed by atoms with E-state index < -0.39 is 6.10 Å². The van der Waals surface area contributed by atoms with Gasteiger partial charge in [0.15, 0.2) is 6.10 Å². The summed E-state index contributed by atoms with van der Waals surface area (Å²) in [5.41, 5.74) is 0. The van der Waals surface area contributed by atoms with E-state index in [1.165, 1.54) is 167 Å². The Labute approximate surface area is 403 Å². The van der Waals surface area contributed by atoms with E-state index in [0.717, 1.165) is 83.5 Å². The van der Waals surface area contributed by atoms with Crippen LogP contribution in [0.1, 0.15) is 290 Å². The molecule has 6 heteroatoms. The van der Waals surface area contributed by atoms with Crippen molar-refractivity contribution in [3.05, 3.63) is 48.6 Å². The van der Waals surface area contributed by atoms with Crippen LogP contribution in [0.15, 0.2) is 48.6 Å². The summed E-state index contributed by atoms with van der Waals surface area (Å²) in [6.45, 7) is 6.52.